The molecule has 1 heterocycles. The fraction of sp³-hybridized carbons (Fsp3) is 0.381. The molecule has 210 valence electrons. The first-order valence-electron chi connectivity index (χ1n) is 10.0. The molecule has 0 bridgehead atoms. The zero-order valence-corrected chi connectivity index (χ0v) is 27.9. The molecule has 17 heteroatoms. The molecule has 0 saturated heterocycles. The molecule has 1 aliphatic rings. The minimum Gasteiger partial charge on any atom is -0.497 e. The van der Waals surface area contributed by atoms with Crippen LogP contribution in [0.5, 0.6) is 11.5 Å². The zero-order valence-electron chi connectivity index (χ0n) is 18.9. The minimum absolute atomic E-state index is 0.0631. The molecule has 5 nitrogen and oxygen atoms in total. The topological polar surface area (TPSA) is 46.1 Å². The van der Waals surface area contributed by atoms with E-state index in [0.717, 1.165) is 0 Å². The van der Waals surface area contributed by atoms with Gasteiger partial charge in [0.15, 0.2) is 5.66 Å². The number of rotatable bonds is 4. The van der Waals surface area contributed by atoms with E-state index < -0.39 is 26.5 Å². The molecule has 0 spiro atoms. The Balaban J connectivity index is 2.58. The van der Waals surface area contributed by atoms with Gasteiger partial charge in [-0.3, -0.25) is 10.2 Å². The third-order valence-electron chi connectivity index (χ3n) is 5.50. The van der Waals surface area contributed by atoms with Crippen molar-refractivity contribution in [3.63, 3.8) is 0 Å². The van der Waals surface area contributed by atoms with Crippen LogP contribution in [0.3, 0.4) is 0 Å². The monoisotopic (exact) mass is 761 g/mol. The first kappa shape index (κ1) is 33.5. The molecule has 0 atom stereocenters. The van der Waals surface area contributed by atoms with Crippen LogP contribution in [0.4, 0.5) is 5.69 Å². The van der Waals surface area contributed by atoms with Crippen molar-refractivity contribution in [2.45, 2.75) is 26.5 Å². The van der Waals surface area contributed by atoms with Gasteiger partial charge in [-0.1, -0.05) is 139 Å². The summed E-state index contributed by atoms with van der Waals surface area (Å²) >= 11 is 78.1. The maximum atomic E-state index is 6.60. The van der Waals surface area contributed by atoms with Gasteiger partial charge in [-0.25, -0.2) is 4.99 Å². The average Bonchev–Trinajstić information content (AvgIpc) is 2.80. The van der Waals surface area contributed by atoms with Crippen LogP contribution in [0, 0.1) is 0 Å². The largest absolute Gasteiger partial charge is 0.497 e. The van der Waals surface area contributed by atoms with Crippen molar-refractivity contribution >= 4 is 151 Å². The summed E-state index contributed by atoms with van der Waals surface area (Å²) in [6.45, 7) is 0. The Bertz CT molecular complexity index is 1140. The van der Waals surface area contributed by atoms with Crippen molar-refractivity contribution in [2.24, 2.45) is 4.99 Å². The summed E-state index contributed by atoms with van der Waals surface area (Å²) < 4.78 is 0.388. The highest BCUT2D eigenvalue weighted by molar-refractivity contribution is 6.76. The highest BCUT2D eigenvalue weighted by Crippen LogP contribution is 2.62. The lowest BCUT2D eigenvalue weighted by Crippen LogP contribution is -2.85. The number of alkyl halides is 12. The second-order valence-electron chi connectivity index (χ2n) is 7.73. The molecular formula is C21H15Cl12N3O2. The fourth-order valence-corrected chi connectivity index (χ4v) is 7.58. The molecule has 0 aromatic heterocycles. The quantitative estimate of drug-likeness (QED) is 0.315. The predicted octanol–water partition coefficient (Wildman–Crippen LogP) is 9.43. The maximum Gasteiger partial charge on any atom is 0.232 e. The van der Waals surface area contributed by atoms with Crippen molar-refractivity contribution in [1.29, 1.82) is 0 Å². The number of hydrogen-bond acceptors (Lipinski definition) is 5. The molecule has 1 N–H and O–H groups in total. The van der Waals surface area contributed by atoms with Crippen LogP contribution in [0.15, 0.2) is 53.5 Å². The number of anilines is 1. The number of hydrogen-bond donors (Lipinski definition) is 1. The van der Waals surface area contributed by atoms with Gasteiger partial charge in [0, 0.05) is 11.3 Å². The van der Waals surface area contributed by atoms with Crippen molar-refractivity contribution in [1.82, 2.24) is 5.32 Å². The SMILES string of the molecule is COc1ccc(C2=NC(C(Cl)(Cl)Cl)(C(Cl)(Cl)Cl)NC(C(Cl)(Cl)Cl)(C(Cl)(Cl)Cl)N2c2ccc(OC)cc2)cc1. The molecule has 2 aromatic rings. The van der Waals surface area contributed by atoms with E-state index in [1.54, 1.807) is 48.5 Å². The lowest BCUT2D eigenvalue weighted by molar-refractivity contribution is 0.204. The van der Waals surface area contributed by atoms with Gasteiger partial charge in [-0.15, -0.1) is 0 Å². The van der Waals surface area contributed by atoms with Crippen molar-refractivity contribution in [3.8, 4) is 11.5 Å². The Morgan fingerprint density at radius 2 is 1.03 bits per heavy atom. The van der Waals surface area contributed by atoms with Crippen molar-refractivity contribution in [3.05, 3.63) is 54.1 Å². The Hall–Kier alpha value is 0.950. The van der Waals surface area contributed by atoms with Crippen LogP contribution in [0.2, 0.25) is 0 Å². The lowest BCUT2D eigenvalue weighted by Gasteiger charge is -2.60. The summed E-state index contributed by atoms with van der Waals surface area (Å²) in [5, 5.41) is 2.74. The second kappa shape index (κ2) is 11.6. The third-order valence-corrected chi connectivity index (χ3v) is 8.78. The van der Waals surface area contributed by atoms with E-state index in [1.807, 2.05) is 0 Å². The molecule has 38 heavy (non-hydrogen) atoms. The van der Waals surface area contributed by atoms with Crippen LogP contribution >= 0.6 is 139 Å². The summed E-state index contributed by atoms with van der Waals surface area (Å²) in [5.41, 5.74) is -4.30. The van der Waals surface area contributed by atoms with E-state index in [4.69, 9.17) is 149 Å². The molecular weight excluding hydrogens is 752 g/mol. The second-order valence-corrected chi connectivity index (χ2v) is 16.9. The van der Waals surface area contributed by atoms with E-state index in [9.17, 15) is 0 Å². The molecule has 0 aliphatic carbocycles. The first-order valence-corrected chi connectivity index (χ1v) is 14.5. The molecule has 0 amide bonds. The Morgan fingerprint density at radius 1 is 0.632 bits per heavy atom. The van der Waals surface area contributed by atoms with E-state index >= 15 is 0 Å². The smallest absolute Gasteiger partial charge is 0.232 e. The van der Waals surface area contributed by atoms with Crippen LogP contribution in [-0.4, -0.2) is 46.6 Å². The average molecular weight is 767 g/mol. The minimum atomic E-state index is -2.54. The lowest BCUT2D eigenvalue weighted by atomic mass is 9.99. The molecule has 0 radical (unpaired) electrons. The number of nitrogens with zero attached hydrogens (tertiary/aromatic N) is 2. The summed E-state index contributed by atoms with van der Waals surface area (Å²) in [6, 6.07) is 12.9. The highest BCUT2D eigenvalue weighted by atomic mass is 35.6. The number of halogens is 12. The van der Waals surface area contributed by atoms with Crippen LogP contribution in [0.25, 0.3) is 0 Å². The zero-order chi connectivity index (χ0) is 28.9. The Kier molecular flexibility index (Phi) is 10.2. The van der Waals surface area contributed by atoms with Gasteiger partial charge >= 0.3 is 0 Å². The standard InChI is InChI=1S/C21H15Cl12N3O2/c1-37-13-7-3-11(4-8-13)15-34-16(18(22,23)24,19(25,26)27)35-17(20(28,29)30,21(31,32)33)36(15)12-5-9-14(38-2)10-6-12/h3-10,35H,1-2H3. The highest BCUT2D eigenvalue weighted by Gasteiger charge is 2.76. The predicted molar refractivity (Wildman–Crippen MR) is 165 cm³/mol. The van der Waals surface area contributed by atoms with Crippen LogP contribution < -0.4 is 19.7 Å². The van der Waals surface area contributed by atoms with Gasteiger partial charge in [-0.05, 0) is 48.5 Å². The van der Waals surface area contributed by atoms with Gasteiger partial charge < -0.3 is 9.47 Å². The molecule has 2 aromatic carbocycles. The fourth-order valence-electron chi connectivity index (χ4n) is 3.68. The molecule has 0 unspecified atom stereocenters. The van der Waals surface area contributed by atoms with Gasteiger partial charge in [0.05, 0.1) is 14.2 Å². The molecule has 0 saturated carbocycles. The number of amidine groups is 1. The van der Waals surface area contributed by atoms with Crippen LogP contribution in [0.1, 0.15) is 5.56 Å². The van der Waals surface area contributed by atoms with Gasteiger partial charge in [-0.2, -0.15) is 0 Å². The number of methoxy groups -OCH3 is 2. The number of benzene rings is 2. The van der Waals surface area contributed by atoms with Crippen molar-refractivity contribution in [2.75, 3.05) is 19.1 Å². The normalized spacial score (nSPS) is 18.2. The Labute approximate surface area is 279 Å². The molecule has 1 aliphatic heterocycles. The maximum absolute atomic E-state index is 6.60. The molecule has 3 rings (SSSR count). The van der Waals surface area contributed by atoms with E-state index in [0.29, 0.717) is 22.7 Å². The molecule has 0 fully saturated rings. The van der Waals surface area contributed by atoms with Gasteiger partial charge in [0.2, 0.25) is 20.8 Å². The summed E-state index contributed by atoms with van der Waals surface area (Å²) in [5.74, 6) is 0.959. The van der Waals surface area contributed by atoms with E-state index in [1.165, 1.54) is 19.1 Å². The number of nitrogens with one attached hydrogen (secondary N) is 1. The summed E-state index contributed by atoms with van der Waals surface area (Å²) in [4.78, 5) is 5.93. The first-order chi connectivity index (χ1) is 17.3. The van der Waals surface area contributed by atoms with Crippen LogP contribution in [-0.2, 0) is 0 Å². The number of aliphatic imine (C=N–C) groups is 1. The number of ether oxygens (including phenoxy) is 2. The van der Waals surface area contributed by atoms with Crippen molar-refractivity contribution < 1.29 is 9.47 Å². The third kappa shape index (κ3) is 5.90. The van der Waals surface area contributed by atoms with Gasteiger partial charge in [0.1, 0.15) is 17.3 Å². The van der Waals surface area contributed by atoms with Gasteiger partial charge in [0.25, 0.3) is 0 Å². The van der Waals surface area contributed by atoms with E-state index in [-0.39, 0.29) is 5.84 Å². The summed E-state index contributed by atoms with van der Waals surface area (Å²) in [7, 11) is 2.99. The van der Waals surface area contributed by atoms with E-state index in [2.05, 4.69) is 10.3 Å². The Morgan fingerprint density at radius 3 is 1.37 bits per heavy atom. The summed E-state index contributed by atoms with van der Waals surface area (Å²) in [6.07, 6.45) is 0.